The van der Waals surface area contributed by atoms with Gasteiger partial charge in [-0.1, -0.05) is 57.0 Å². The molecule has 2 amide bonds. The van der Waals surface area contributed by atoms with Gasteiger partial charge in [0, 0.05) is 31.0 Å². The molecule has 2 aromatic rings. The maximum absolute atomic E-state index is 12.9. The fourth-order valence-corrected chi connectivity index (χ4v) is 2.92. The number of carbonyl (C=O) groups is 2. The van der Waals surface area contributed by atoms with Crippen LogP contribution in [0.1, 0.15) is 55.5 Å². The van der Waals surface area contributed by atoms with Crippen LogP contribution in [0.5, 0.6) is 0 Å². The highest BCUT2D eigenvalue weighted by Crippen LogP contribution is 2.09. The van der Waals surface area contributed by atoms with Crippen LogP contribution in [0.15, 0.2) is 54.9 Å². The summed E-state index contributed by atoms with van der Waals surface area (Å²) < 4.78 is 0. The number of nitrogens with one attached hydrogen (secondary N) is 2. The number of carbonyl (C=O) groups excluding carboxylic acids is 2. The highest BCUT2D eigenvalue weighted by Gasteiger charge is 2.26. The zero-order chi connectivity index (χ0) is 20.2. The normalized spacial score (nSPS) is 11.8. The quantitative estimate of drug-likeness (QED) is 0.585. The van der Waals surface area contributed by atoms with Gasteiger partial charge in [-0.2, -0.15) is 0 Å². The zero-order valence-corrected chi connectivity index (χ0v) is 16.7. The monoisotopic (exact) mass is 382 g/mol. The van der Waals surface area contributed by atoms with Crippen LogP contribution in [-0.4, -0.2) is 34.4 Å². The van der Waals surface area contributed by atoms with E-state index in [2.05, 4.69) is 22.7 Å². The summed E-state index contributed by atoms with van der Waals surface area (Å²) in [5.74, 6) is -0.299. The minimum Gasteiger partial charge on any atom is -0.351 e. The molecular formula is C22H30N4O2. The third kappa shape index (κ3) is 6.78. The molecule has 0 bridgehead atoms. The first-order valence-electron chi connectivity index (χ1n) is 9.95. The van der Waals surface area contributed by atoms with E-state index in [1.165, 1.54) is 0 Å². The van der Waals surface area contributed by atoms with Gasteiger partial charge in [0.25, 0.3) is 5.91 Å². The van der Waals surface area contributed by atoms with Crippen LogP contribution in [0.4, 0.5) is 0 Å². The van der Waals surface area contributed by atoms with E-state index in [4.69, 9.17) is 0 Å². The van der Waals surface area contributed by atoms with Crippen LogP contribution in [0, 0.1) is 0 Å². The second-order valence-corrected chi connectivity index (χ2v) is 6.73. The van der Waals surface area contributed by atoms with E-state index in [0.29, 0.717) is 25.1 Å². The predicted octanol–water partition coefficient (Wildman–Crippen LogP) is 3.31. The molecule has 6 heteroatoms. The Labute approximate surface area is 167 Å². The van der Waals surface area contributed by atoms with Gasteiger partial charge < -0.3 is 5.32 Å². The van der Waals surface area contributed by atoms with Crippen molar-refractivity contribution in [2.75, 3.05) is 6.54 Å². The summed E-state index contributed by atoms with van der Waals surface area (Å²) in [5, 5.41) is 4.80. The van der Waals surface area contributed by atoms with E-state index in [1.807, 2.05) is 37.3 Å². The average molecular weight is 383 g/mol. The van der Waals surface area contributed by atoms with E-state index in [1.54, 1.807) is 29.5 Å². The van der Waals surface area contributed by atoms with Crippen molar-refractivity contribution in [1.82, 2.24) is 20.7 Å². The number of hydrogen-bond donors (Lipinski definition) is 2. The minimum absolute atomic E-state index is 0.0724. The highest BCUT2D eigenvalue weighted by atomic mass is 16.2. The molecule has 1 heterocycles. The fraction of sp³-hybridized carbons (Fsp3) is 0.409. The maximum Gasteiger partial charge on any atom is 0.265 e. The summed E-state index contributed by atoms with van der Waals surface area (Å²) in [5.41, 5.74) is 4.51. The molecule has 0 aliphatic carbocycles. The number of unbranched alkanes of at least 4 members (excludes halogenated alkanes) is 1. The van der Waals surface area contributed by atoms with Gasteiger partial charge in [-0.25, -0.2) is 5.01 Å². The van der Waals surface area contributed by atoms with E-state index in [-0.39, 0.29) is 11.8 Å². The van der Waals surface area contributed by atoms with Crippen LogP contribution in [0.2, 0.25) is 0 Å². The van der Waals surface area contributed by atoms with Crippen LogP contribution >= 0.6 is 0 Å². The molecule has 2 rings (SSSR count). The summed E-state index contributed by atoms with van der Waals surface area (Å²) in [6, 6.07) is 12.7. The topological polar surface area (TPSA) is 74.3 Å². The first kappa shape index (κ1) is 21.6. The van der Waals surface area contributed by atoms with Crippen molar-refractivity contribution in [2.45, 2.75) is 52.1 Å². The SMILES string of the molecule is CCCCN(NC(=O)c1ccncc1)[C@@H](CCC)C(=O)NCc1ccccc1. The Morgan fingerprint density at radius 2 is 1.75 bits per heavy atom. The second-order valence-electron chi connectivity index (χ2n) is 6.73. The number of rotatable bonds is 11. The molecule has 28 heavy (non-hydrogen) atoms. The van der Waals surface area contributed by atoms with Crippen molar-refractivity contribution in [1.29, 1.82) is 0 Å². The smallest absolute Gasteiger partial charge is 0.265 e. The van der Waals surface area contributed by atoms with Gasteiger partial charge in [0.1, 0.15) is 6.04 Å². The molecule has 1 aromatic carbocycles. The summed E-state index contributed by atoms with van der Waals surface area (Å²) in [4.78, 5) is 29.5. The third-order valence-electron chi connectivity index (χ3n) is 4.49. The van der Waals surface area contributed by atoms with Gasteiger partial charge in [-0.15, -0.1) is 0 Å². The number of amides is 2. The average Bonchev–Trinajstić information content (AvgIpc) is 2.74. The van der Waals surface area contributed by atoms with Gasteiger partial charge in [-0.3, -0.25) is 20.0 Å². The zero-order valence-electron chi connectivity index (χ0n) is 16.7. The minimum atomic E-state index is -0.411. The van der Waals surface area contributed by atoms with Crippen molar-refractivity contribution in [3.05, 3.63) is 66.0 Å². The molecule has 0 saturated carbocycles. The molecule has 0 aliphatic heterocycles. The van der Waals surface area contributed by atoms with Gasteiger partial charge in [-0.05, 0) is 30.5 Å². The van der Waals surface area contributed by atoms with Crippen LogP contribution < -0.4 is 10.7 Å². The lowest BCUT2D eigenvalue weighted by Crippen LogP contribution is -2.55. The lowest BCUT2D eigenvalue weighted by Gasteiger charge is -2.31. The van der Waals surface area contributed by atoms with Crippen molar-refractivity contribution in [2.24, 2.45) is 0 Å². The third-order valence-corrected chi connectivity index (χ3v) is 4.49. The molecule has 150 valence electrons. The second kappa shape index (κ2) is 11.9. The predicted molar refractivity (Wildman–Crippen MR) is 110 cm³/mol. The lowest BCUT2D eigenvalue weighted by molar-refractivity contribution is -0.127. The molecule has 0 aliphatic rings. The number of hydrazine groups is 1. The van der Waals surface area contributed by atoms with Gasteiger partial charge in [0.15, 0.2) is 0 Å². The number of pyridine rings is 1. The van der Waals surface area contributed by atoms with E-state index in [0.717, 1.165) is 24.8 Å². The number of nitrogens with zero attached hydrogens (tertiary/aromatic N) is 2. The number of aromatic nitrogens is 1. The summed E-state index contributed by atoms with van der Waals surface area (Å²) in [6.07, 6.45) is 6.55. The first-order chi connectivity index (χ1) is 13.7. The van der Waals surface area contributed by atoms with E-state index >= 15 is 0 Å². The summed E-state index contributed by atoms with van der Waals surface area (Å²) in [7, 11) is 0. The highest BCUT2D eigenvalue weighted by molar-refractivity contribution is 5.94. The molecule has 1 aromatic heterocycles. The molecule has 0 spiro atoms. The Bertz CT molecular complexity index is 722. The first-order valence-corrected chi connectivity index (χ1v) is 9.95. The standard InChI is InChI=1S/C22H30N4O2/c1-3-5-16-26(25-21(27)19-12-14-23-15-13-19)20(9-4-2)22(28)24-17-18-10-7-6-8-11-18/h6-8,10-15,20H,3-5,9,16-17H2,1-2H3,(H,24,28)(H,25,27)/t20-/m0/s1. The molecule has 6 nitrogen and oxygen atoms in total. The molecule has 0 saturated heterocycles. The number of benzene rings is 1. The van der Waals surface area contributed by atoms with Crippen molar-refractivity contribution in [3.8, 4) is 0 Å². The summed E-state index contributed by atoms with van der Waals surface area (Å²) in [6.45, 7) is 5.23. The Kier molecular flexibility index (Phi) is 9.15. The molecule has 0 fully saturated rings. The van der Waals surface area contributed by atoms with Crippen molar-refractivity contribution in [3.63, 3.8) is 0 Å². The van der Waals surface area contributed by atoms with Gasteiger partial charge >= 0.3 is 0 Å². The number of hydrogen-bond acceptors (Lipinski definition) is 4. The largest absolute Gasteiger partial charge is 0.351 e. The van der Waals surface area contributed by atoms with Crippen LogP contribution in [0.25, 0.3) is 0 Å². The Morgan fingerprint density at radius 1 is 1.04 bits per heavy atom. The molecule has 0 radical (unpaired) electrons. The van der Waals surface area contributed by atoms with Gasteiger partial charge in [0.05, 0.1) is 0 Å². The Hall–Kier alpha value is -2.73. The van der Waals surface area contributed by atoms with E-state index in [9.17, 15) is 9.59 Å². The maximum atomic E-state index is 12.9. The van der Waals surface area contributed by atoms with Gasteiger partial charge in [0.2, 0.25) is 5.91 Å². The Morgan fingerprint density at radius 3 is 2.39 bits per heavy atom. The lowest BCUT2D eigenvalue weighted by atomic mass is 10.1. The molecule has 0 unspecified atom stereocenters. The van der Waals surface area contributed by atoms with E-state index < -0.39 is 6.04 Å². The molecule has 2 N–H and O–H groups in total. The Balaban J connectivity index is 2.08. The van der Waals surface area contributed by atoms with Crippen molar-refractivity contribution < 1.29 is 9.59 Å². The fourth-order valence-electron chi connectivity index (χ4n) is 2.92. The summed E-state index contributed by atoms with van der Waals surface area (Å²) >= 11 is 0. The molecule has 1 atom stereocenters. The van der Waals surface area contributed by atoms with Crippen LogP contribution in [-0.2, 0) is 11.3 Å². The van der Waals surface area contributed by atoms with Crippen molar-refractivity contribution >= 4 is 11.8 Å². The van der Waals surface area contributed by atoms with Crippen LogP contribution in [0.3, 0.4) is 0 Å². The molecular weight excluding hydrogens is 352 g/mol.